The Morgan fingerprint density at radius 1 is 0.952 bits per heavy atom. The van der Waals surface area contributed by atoms with Crippen LogP contribution in [0.3, 0.4) is 0 Å². The van der Waals surface area contributed by atoms with E-state index in [1.807, 2.05) is 0 Å². The first-order chi connectivity index (χ1) is 10.1. The Balaban J connectivity index is 1.98. The second kappa shape index (κ2) is 9.86. The summed E-state index contributed by atoms with van der Waals surface area (Å²) in [6, 6.07) is 0. The fourth-order valence-electron chi connectivity index (χ4n) is 2.74. The molecule has 0 aromatic carbocycles. The van der Waals surface area contributed by atoms with Crippen LogP contribution in [0.1, 0.15) is 91.4 Å². The van der Waals surface area contributed by atoms with E-state index >= 15 is 0 Å². The summed E-state index contributed by atoms with van der Waals surface area (Å²) in [5.41, 5.74) is 2.94. The second-order valence-electron chi connectivity index (χ2n) is 6.87. The summed E-state index contributed by atoms with van der Waals surface area (Å²) >= 11 is 0. The average molecular weight is 294 g/mol. The van der Waals surface area contributed by atoms with Crippen molar-refractivity contribution in [2.24, 2.45) is 10.4 Å². The zero-order valence-corrected chi connectivity index (χ0v) is 14.3. The molecule has 0 aromatic heterocycles. The molecule has 0 unspecified atom stereocenters. The molecule has 0 fully saturated rings. The largest absolute Gasteiger partial charge is 0.361 e. The first-order valence-corrected chi connectivity index (χ1v) is 8.77. The third-order valence-electron chi connectivity index (χ3n) is 4.30. The SMILES string of the molecule is C=C1N=C(C(C)(C)CCCCCCCCCCCC)NO1. The maximum Gasteiger partial charge on any atom is 0.240 e. The smallest absolute Gasteiger partial charge is 0.240 e. The van der Waals surface area contributed by atoms with Gasteiger partial charge in [-0.2, -0.15) is 4.99 Å². The Morgan fingerprint density at radius 3 is 1.95 bits per heavy atom. The molecule has 1 N–H and O–H groups in total. The van der Waals surface area contributed by atoms with Gasteiger partial charge in [-0.1, -0.05) is 85.0 Å². The van der Waals surface area contributed by atoms with Crippen LogP contribution < -0.4 is 5.48 Å². The molecule has 122 valence electrons. The first-order valence-electron chi connectivity index (χ1n) is 8.77. The van der Waals surface area contributed by atoms with Gasteiger partial charge in [0.05, 0.1) is 0 Å². The van der Waals surface area contributed by atoms with E-state index in [2.05, 4.69) is 37.8 Å². The van der Waals surface area contributed by atoms with Crippen LogP contribution in [0.15, 0.2) is 17.5 Å². The first kappa shape index (κ1) is 18.1. The van der Waals surface area contributed by atoms with Crippen LogP contribution in [0.5, 0.6) is 0 Å². The van der Waals surface area contributed by atoms with Gasteiger partial charge in [0, 0.05) is 5.41 Å². The van der Waals surface area contributed by atoms with E-state index < -0.39 is 0 Å². The number of amidine groups is 1. The number of unbranched alkanes of at least 4 members (excludes halogenated alkanes) is 9. The molecule has 21 heavy (non-hydrogen) atoms. The summed E-state index contributed by atoms with van der Waals surface area (Å²) in [4.78, 5) is 9.42. The van der Waals surface area contributed by atoms with Crippen LogP contribution in [0.2, 0.25) is 0 Å². The molecular formula is C18H34N2O. The van der Waals surface area contributed by atoms with Crippen LogP contribution >= 0.6 is 0 Å². The molecule has 0 saturated heterocycles. The third kappa shape index (κ3) is 7.54. The van der Waals surface area contributed by atoms with Crippen LogP contribution in [-0.2, 0) is 4.84 Å². The normalized spacial score (nSPS) is 14.8. The van der Waals surface area contributed by atoms with Crippen molar-refractivity contribution in [1.29, 1.82) is 0 Å². The zero-order valence-electron chi connectivity index (χ0n) is 14.3. The quantitative estimate of drug-likeness (QED) is 0.466. The van der Waals surface area contributed by atoms with E-state index in [-0.39, 0.29) is 5.41 Å². The lowest BCUT2D eigenvalue weighted by atomic mass is 9.85. The minimum absolute atomic E-state index is 0.0552. The van der Waals surface area contributed by atoms with Crippen LogP contribution in [0, 0.1) is 5.41 Å². The molecule has 0 atom stereocenters. The molecular weight excluding hydrogens is 260 g/mol. The summed E-state index contributed by atoms with van der Waals surface area (Å²) in [7, 11) is 0. The topological polar surface area (TPSA) is 33.6 Å². The summed E-state index contributed by atoms with van der Waals surface area (Å²) in [6.07, 6.45) is 14.9. The molecule has 0 bridgehead atoms. The molecule has 0 saturated carbocycles. The highest BCUT2D eigenvalue weighted by Gasteiger charge is 2.28. The van der Waals surface area contributed by atoms with Gasteiger partial charge in [-0.05, 0) is 13.0 Å². The van der Waals surface area contributed by atoms with E-state index in [1.54, 1.807) is 0 Å². The van der Waals surface area contributed by atoms with E-state index in [0.717, 1.165) is 12.3 Å². The molecule has 1 aliphatic heterocycles. The van der Waals surface area contributed by atoms with Crippen molar-refractivity contribution >= 4 is 5.84 Å². The summed E-state index contributed by atoms with van der Waals surface area (Å²) in [5, 5.41) is 0. The van der Waals surface area contributed by atoms with Gasteiger partial charge in [0.15, 0.2) is 0 Å². The minimum Gasteiger partial charge on any atom is -0.361 e. The molecule has 1 rings (SSSR count). The molecule has 0 radical (unpaired) electrons. The number of aliphatic imine (C=N–C) groups is 1. The molecule has 0 spiro atoms. The maximum atomic E-state index is 5.10. The van der Waals surface area contributed by atoms with E-state index in [9.17, 15) is 0 Å². The summed E-state index contributed by atoms with van der Waals surface area (Å²) in [6.45, 7) is 10.4. The van der Waals surface area contributed by atoms with Gasteiger partial charge < -0.3 is 4.84 Å². The Labute approximate surface area is 131 Å². The highest BCUT2D eigenvalue weighted by molar-refractivity contribution is 5.88. The van der Waals surface area contributed by atoms with Crippen molar-refractivity contribution in [2.75, 3.05) is 0 Å². The lowest BCUT2D eigenvalue weighted by Crippen LogP contribution is -2.33. The van der Waals surface area contributed by atoms with E-state index in [1.165, 1.54) is 64.2 Å². The predicted molar refractivity (Wildman–Crippen MR) is 91.0 cm³/mol. The van der Waals surface area contributed by atoms with Gasteiger partial charge in [0.2, 0.25) is 5.88 Å². The van der Waals surface area contributed by atoms with Crippen molar-refractivity contribution in [3.63, 3.8) is 0 Å². The van der Waals surface area contributed by atoms with Gasteiger partial charge >= 0.3 is 0 Å². The highest BCUT2D eigenvalue weighted by Crippen LogP contribution is 2.28. The number of nitrogens with zero attached hydrogens (tertiary/aromatic N) is 1. The van der Waals surface area contributed by atoms with Crippen molar-refractivity contribution in [3.05, 3.63) is 12.5 Å². The third-order valence-corrected chi connectivity index (χ3v) is 4.30. The van der Waals surface area contributed by atoms with Crippen LogP contribution in [0.25, 0.3) is 0 Å². The highest BCUT2D eigenvalue weighted by atomic mass is 16.7. The number of rotatable bonds is 12. The van der Waals surface area contributed by atoms with Gasteiger partial charge in [-0.15, -0.1) is 0 Å². The maximum absolute atomic E-state index is 5.10. The molecule has 3 heteroatoms. The van der Waals surface area contributed by atoms with Gasteiger partial charge in [-0.3, -0.25) is 0 Å². The Hall–Kier alpha value is -0.990. The lowest BCUT2D eigenvalue weighted by Gasteiger charge is -2.23. The van der Waals surface area contributed by atoms with Crippen LogP contribution in [-0.4, -0.2) is 5.84 Å². The molecule has 0 aromatic rings. The Kier molecular flexibility index (Phi) is 8.48. The number of hydroxylamine groups is 1. The van der Waals surface area contributed by atoms with Gasteiger partial charge in [0.1, 0.15) is 5.84 Å². The Morgan fingerprint density at radius 2 is 1.48 bits per heavy atom. The molecule has 3 nitrogen and oxygen atoms in total. The molecule has 0 amide bonds. The van der Waals surface area contributed by atoms with Gasteiger partial charge in [0.25, 0.3) is 0 Å². The molecule has 1 aliphatic rings. The monoisotopic (exact) mass is 294 g/mol. The number of hydrogen-bond donors (Lipinski definition) is 1. The van der Waals surface area contributed by atoms with Crippen molar-refractivity contribution < 1.29 is 4.84 Å². The second-order valence-corrected chi connectivity index (χ2v) is 6.87. The number of nitrogens with one attached hydrogen (secondary N) is 1. The standard InChI is InChI=1S/C18H34N2O/c1-5-6-7-8-9-10-11-12-13-14-15-18(3,4)17-19-16(2)21-20-17/h2,5-15H2,1,3-4H3,(H,19,20). The average Bonchev–Trinajstić information content (AvgIpc) is 2.88. The van der Waals surface area contributed by atoms with Gasteiger partial charge in [-0.25, -0.2) is 5.48 Å². The summed E-state index contributed by atoms with van der Waals surface area (Å²) in [5.74, 6) is 1.39. The Bertz CT molecular complexity index is 334. The fraction of sp³-hybridized carbons (Fsp3) is 0.833. The van der Waals surface area contributed by atoms with Crippen LogP contribution in [0.4, 0.5) is 0 Å². The van der Waals surface area contributed by atoms with Crippen molar-refractivity contribution in [1.82, 2.24) is 5.48 Å². The predicted octanol–water partition coefficient (Wildman–Crippen LogP) is 5.73. The van der Waals surface area contributed by atoms with E-state index in [0.29, 0.717) is 5.88 Å². The van der Waals surface area contributed by atoms with Crippen molar-refractivity contribution in [2.45, 2.75) is 91.4 Å². The number of hydrogen-bond acceptors (Lipinski definition) is 3. The zero-order chi connectivity index (χ0) is 15.6. The summed E-state index contributed by atoms with van der Waals surface area (Å²) < 4.78 is 0. The molecule has 1 heterocycles. The lowest BCUT2D eigenvalue weighted by molar-refractivity contribution is 0.171. The van der Waals surface area contributed by atoms with E-state index in [4.69, 9.17) is 4.84 Å². The fourth-order valence-corrected chi connectivity index (χ4v) is 2.74. The molecule has 0 aliphatic carbocycles. The minimum atomic E-state index is 0.0552. The van der Waals surface area contributed by atoms with Crippen molar-refractivity contribution in [3.8, 4) is 0 Å².